The van der Waals surface area contributed by atoms with Gasteiger partial charge in [0.2, 0.25) is 0 Å². The van der Waals surface area contributed by atoms with Crippen molar-refractivity contribution >= 4 is 0 Å². The van der Waals surface area contributed by atoms with Gasteiger partial charge < -0.3 is 4.84 Å². The van der Waals surface area contributed by atoms with Gasteiger partial charge in [0.15, 0.2) is 0 Å². The van der Waals surface area contributed by atoms with Crippen LogP contribution in [0, 0.1) is 0 Å². The van der Waals surface area contributed by atoms with Gasteiger partial charge >= 0.3 is 0 Å². The fourth-order valence-corrected chi connectivity index (χ4v) is 0.260. The summed E-state index contributed by atoms with van der Waals surface area (Å²) in [5.74, 6) is 0. The summed E-state index contributed by atoms with van der Waals surface area (Å²) < 4.78 is 0. The Kier molecular flexibility index (Phi) is 0.572. The van der Waals surface area contributed by atoms with E-state index in [0.717, 1.165) is 5.70 Å². The SMILES string of the molecule is C=C1C=CON1. The molecule has 0 aromatic rings. The summed E-state index contributed by atoms with van der Waals surface area (Å²) in [7, 11) is 0. The summed E-state index contributed by atoms with van der Waals surface area (Å²) in [6, 6.07) is 0. The molecule has 0 radical (unpaired) electrons. The van der Waals surface area contributed by atoms with Gasteiger partial charge in [0.25, 0.3) is 0 Å². The molecule has 1 aliphatic rings. The van der Waals surface area contributed by atoms with Crippen LogP contribution < -0.4 is 5.48 Å². The van der Waals surface area contributed by atoms with E-state index >= 15 is 0 Å². The van der Waals surface area contributed by atoms with Crippen LogP contribution in [0.5, 0.6) is 0 Å². The molecule has 0 fully saturated rings. The Bertz CT molecular complexity index is 95.7. The van der Waals surface area contributed by atoms with Gasteiger partial charge in [0, 0.05) is 6.08 Å². The Morgan fingerprint density at radius 1 is 1.83 bits per heavy atom. The molecular weight excluding hydrogens is 78.0 g/mol. The molecule has 1 heterocycles. The Morgan fingerprint density at radius 2 is 2.67 bits per heavy atom. The van der Waals surface area contributed by atoms with Gasteiger partial charge in [-0.05, 0) is 0 Å². The summed E-state index contributed by atoms with van der Waals surface area (Å²) in [6.45, 7) is 3.53. The van der Waals surface area contributed by atoms with Crippen LogP contribution in [0.4, 0.5) is 0 Å². The first-order valence-corrected chi connectivity index (χ1v) is 1.67. The zero-order valence-corrected chi connectivity index (χ0v) is 3.27. The Balaban J connectivity index is 2.59. The lowest BCUT2D eigenvalue weighted by molar-refractivity contribution is 0.187. The minimum absolute atomic E-state index is 0.801. The van der Waals surface area contributed by atoms with Crippen molar-refractivity contribution in [3.63, 3.8) is 0 Å². The number of hydrogen-bond donors (Lipinski definition) is 1. The number of hydroxylamine groups is 1. The fourth-order valence-electron chi connectivity index (χ4n) is 0.260. The second kappa shape index (κ2) is 1.05. The van der Waals surface area contributed by atoms with E-state index in [0.29, 0.717) is 0 Å². The molecular formula is C4H5NO. The van der Waals surface area contributed by atoms with Crippen LogP contribution in [0.3, 0.4) is 0 Å². The Morgan fingerprint density at radius 3 is 2.83 bits per heavy atom. The molecule has 0 amide bonds. The summed E-state index contributed by atoms with van der Waals surface area (Å²) in [6.07, 6.45) is 3.29. The lowest BCUT2D eigenvalue weighted by atomic mass is 10.5. The van der Waals surface area contributed by atoms with Crippen molar-refractivity contribution in [2.75, 3.05) is 0 Å². The van der Waals surface area contributed by atoms with Crippen LogP contribution in [0.2, 0.25) is 0 Å². The monoisotopic (exact) mass is 83.0 g/mol. The molecule has 1 aliphatic heterocycles. The topological polar surface area (TPSA) is 21.3 Å². The van der Waals surface area contributed by atoms with E-state index in [9.17, 15) is 0 Å². The first kappa shape index (κ1) is 3.28. The van der Waals surface area contributed by atoms with Gasteiger partial charge in [0.05, 0.1) is 5.70 Å². The molecule has 32 valence electrons. The lowest BCUT2D eigenvalue weighted by Crippen LogP contribution is -1.99. The zero-order valence-electron chi connectivity index (χ0n) is 3.27. The number of allylic oxidation sites excluding steroid dienone is 1. The molecule has 6 heavy (non-hydrogen) atoms. The predicted octanol–water partition coefficient (Wildman–Crippen LogP) is 0.549. The first-order valence-electron chi connectivity index (χ1n) is 1.67. The van der Waals surface area contributed by atoms with Gasteiger partial charge in [-0.15, -0.1) is 0 Å². The Labute approximate surface area is 36.1 Å². The highest BCUT2D eigenvalue weighted by atomic mass is 16.6. The second-order valence-electron chi connectivity index (χ2n) is 1.05. The third-order valence-electron chi connectivity index (χ3n) is 0.527. The largest absolute Gasteiger partial charge is 0.390 e. The maximum Gasteiger partial charge on any atom is 0.121 e. The van der Waals surface area contributed by atoms with E-state index in [1.807, 2.05) is 0 Å². The first-order chi connectivity index (χ1) is 2.89. The molecule has 0 spiro atoms. The molecule has 0 saturated carbocycles. The number of hydrogen-bond acceptors (Lipinski definition) is 2. The van der Waals surface area contributed by atoms with Crippen molar-refractivity contribution in [2.24, 2.45) is 0 Å². The summed E-state index contributed by atoms with van der Waals surface area (Å²) in [4.78, 5) is 4.53. The van der Waals surface area contributed by atoms with Gasteiger partial charge in [-0.1, -0.05) is 6.58 Å². The molecule has 1 N–H and O–H groups in total. The fraction of sp³-hybridized carbons (Fsp3) is 0. The van der Waals surface area contributed by atoms with E-state index < -0.39 is 0 Å². The Hall–Kier alpha value is -0.920. The van der Waals surface area contributed by atoms with E-state index in [1.165, 1.54) is 0 Å². The quantitative estimate of drug-likeness (QED) is 0.461. The van der Waals surface area contributed by atoms with Gasteiger partial charge in [-0.2, -0.15) is 0 Å². The minimum Gasteiger partial charge on any atom is -0.390 e. The van der Waals surface area contributed by atoms with Crippen molar-refractivity contribution in [2.45, 2.75) is 0 Å². The van der Waals surface area contributed by atoms with Crippen LogP contribution >= 0.6 is 0 Å². The normalized spacial score (nSPS) is 17.0. The molecule has 0 unspecified atom stereocenters. The second-order valence-corrected chi connectivity index (χ2v) is 1.05. The van der Waals surface area contributed by atoms with E-state index in [-0.39, 0.29) is 0 Å². The van der Waals surface area contributed by atoms with E-state index in [1.54, 1.807) is 12.3 Å². The molecule has 0 aliphatic carbocycles. The molecule has 0 atom stereocenters. The van der Waals surface area contributed by atoms with Crippen molar-refractivity contribution in [3.8, 4) is 0 Å². The van der Waals surface area contributed by atoms with Crippen LogP contribution in [0.1, 0.15) is 0 Å². The van der Waals surface area contributed by atoms with E-state index in [2.05, 4.69) is 16.9 Å². The third kappa shape index (κ3) is 0.360. The molecule has 1 rings (SSSR count). The summed E-state index contributed by atoms with van der Waals surface area (Å²) in [5, 5.41) is 0. The number of nitrogens with one attached hydrogen (secondary N) is 1. The molecule has 2 nitrogen and oxygen atoms in total. The van der Waals surface area contributed by atoms with Crippen molar-refractivity contribution in [1.29, 1.82) is 0 Å². The van der Waals surface area contributed by atoms with Gasteiger partial charge in [0.1, 0.15) is 6.26 Å². The van der Waals surface area contributed by atoms with Crippen molar-refractivity contribution in [1.82, 2.24) is 5.48 Å². The highest BCUT2D eigenvalue weighted by molar-refractivity contribution is 5.11. The standard InChI is InChI=1S/C4H5NO/c1-4-2-3-6-5-4/h2-3,5H,1H2. The minimum atomic E-state index is 0.801. The highest BCUT2D eigenvalue weighted by Crippen LogP contribution is 1.93. The van der Waals surface area contributed by atoms with Crippen LogP contribution in [0.25, 0.3) is 0 Å². The molecule has 0 aromatic carbocycles. The van der Waals surface area contributed by atoms with Crippen molar-refractivity contribution in [3.05, 3.63) is 24.6 Å². The zero-order chi connectivity index (χ0) is 4.41. The molecule has 0 aromatic heterocycles. The lowest BCUT2D eigenvalue weighted by Gasteiger charge is -1.89. The van der Waals surface area contributed by atoms with Crippen LogP contribution in [-0.4, -0.2) is 0 Å². The third-order valence-corrected chi connectivity index (χ3v) is 0.527. The smallest absolute Gasteiger partial charge is 0.121 e. The summed E-state index contributed by atoms with van der Waals surface area (Å²) in [5.41, 5.74) is 3.31. The molecule has 0 saturated heterocycles. The summed E-state index contributed by atoms with van der Waals surface area (Å²) >= 11 is 0. The maximum atomic E-state index is 4.53. The van der Waals surface area contributed by atoms with E-state index in [4.69, 9.17) is 0 Å². The maximum absolute atomic E-state index is 4.53. The molecule has 0 bridgehead atoms. The van der Waals surface area contributed by atoms with Gasteiger partial charge in [-0.3, -0.25) is 0 Å². The molecule has 2 heteroatoms. The van der Waals surface area contributed by atoms with Crippen molar-refractivity contribution < 1.29 is 4.84 Å². The average Bonchev–Trinajstić information content (AvgIpc) is 1.86. The van der Waals surface area contributed by atoms with Gasteiger partial charge in [-0.25, -0.2) is 5.48 Å². The number of rotatable bonds is 0. The highest BCUT2D eigenvalue weighted by Gasteiger charge is 1.89. The van der Waals surface area contributed by atoms with Crippen LogP contribution in [0.15, 0.2) is 24.6 Å². The average molecular weight is 83.1 g/mol. The predicted molar refractivity (Wildman–Crippen MR) is 22.5 cm³/mol. The van der Waals surface area contributed by atoms with Crippen LogP contribution in [-0.2, 0) is 4.84 Å².